The van der Waals surface area contributed by atoms with Crippen molar-refractivity contribution in [2.45, 2.75) is 56.7 Å². The normalized spacial score (nSPS) is 25.5. The molecule has 1 amide bonds. The third-order valence-electron chi connectivity index (χ3n) is 5.64. The zero-order valence-corrected chi connectivity index (χ0v) is 15.2. The van der Waals surface area contributed by atoms with Crippen LogP contribution in [0.25, 0.3) is 0 Å². The number of piperidine rings is 1. The molecule has 1 aromatic carbocycles. The number of para-hydroxylation sites is 1. The topological polar surface area (TPSA) is 55.8 Å². The lowest BCUT2D eigenvalue weighted by molar-refractivity contribution is -0.120. The molecular formula is C20H31N3O2. The molecule has 1 saturated carbocycles. The molecule has 0 spiro atoms. The van der Waals surface area contributed by atoms with Gasteiger partial charge < -0.3 is 15.3 Å². The number of likely N-dealkylation sites (tertiary alicyclic amines) is 1. The number of aliphatic hydroxyl groups excluding tert-OH is 1. The van der Waals surface area contributed by atoms with Crippen molar-refractivity contribution in [3.63, 3.8) is 0 Å². The Morgan fingerprint density at radius 2 is 1.84 bits per heavy atom. The van der Waals surface area contributed by atoms with Gasteiger partial charge in [0.25, 0.3) is 0 Å². The molecule has 5 heteroatoms. The van der Waals surface area contributed by atoms with Gasteiger partial charge in [0.15, 0.2) is 0 Å². The summed E-state index contributed by atoms with van der Waals surface area (Å²) in [6.45, 7) is 2.33. The van der Waals surface area contributed by atoms with Crippen LogP contribution in [0.4, 0.5) is 5.69 Å². The summed E-state index contributed by atoms with van der Waals surface area (Å²) < 4.78 is 0. The Morgan fingerprint density at radius 3 is 2.52 bits per heavy atom. The van der Waals surface area contributed by atoms with Gasteiger partial charge >= 0.3 is 0 Å². The highest BCUT2D eigenvalue weighted by Gasteiger charge is 2.31. The van der Waals surface area contributed by atoms with Crippen LogP contribution in [-0.4, -0.2) is 60.8 Å². The Labute approximate surface area is 151 Å². The number of nitrogens with zero attached hydrogens (tertiary/aromatic N) is 2. The number of anilines is 1. The molecule has 1 heterocycles. The highest BCUT2D eigenvalue weighted by Crippen LogP contribution is 2.25. The van der Waals surface area contributed by atoms with E-state index >= 15 is 0 Å². The summed E-state index contributed by atoms with van der Waals surface area (Å²) in [5.41, 5.74) is 1.05. The van der Waals surface area contributed by atoms with Crippen LogP contribution in [0.2, 0.25) is 0 Å². The fourth-order valence-electron chi connectivity index (χ4n) is 4.16. The van der Waals surface area contributed by atoms with E-state index < -0.39 is 0 Å². The van der Waals surface area contributed by atoms with Gasteiger partial charge in [-0.2, -0.15) is 0 Å². The summed E-state index contributed by atoms with van der Waals surface area (Å²) in [5, 5.41) is 13.4. The van der Waals surface area contributed by atoms with Crippen LogP contribution in [0.5, 0.6) is 0 Å². The molecule has 1 aromatic rings. The summed E-state index contributed by atoms with van der Waals surface area (Å²) in [5.74, 6) is 0.0857. The van der Waals surface area contributed by atoms with Crippen LogP contribution in [0, 0.1) is 0 Å². The summed E-state index contributed by atoms with van der Waals surface area (Å²) in [6, 6.07) is 10.6. The summed E-state index contributed by atoms with van der Waals surface area (Å²) in [4.78, 5) is 16.7. The number of carbonyl (C=O) groups excluding carboxylic acids is 1. The van der Waals surface area contributed by atoms with Crippen LogP contribution in [0.3, 0.4) is 0 Å². The van der Waals surface area contributed by atoms with E-state index in [-0.39, 0.29) is 18.1 Å². The molecule has 5 nitrogen and oxygen atoms in total. The number of nitrogens with one attached hydrogen (secondary N) is 1. The molecule has 2 aliphatic rings. The predicted octanol–water partition coefficient (Wildman–Crippen LogP) is 2.01. The van der Waals surface area contributed by atoms with Gasteiger partial charge in [-0.1, -0.05) is 31.0 Å². The number of benzene rings is 1. The van der Waals surface area contributed by atoms with Crippen LogP contribution in [0.15, 0.2) is 30.3 Å². The largest absolute Gasteiger partial charge is 0.391 e. The Balaban J connectivity index is 1.42. The number of amides is 1. The average molecular weight is 345 g/mol. The maximum Gasteiger partial charge on any atom is 0.239 e. The van der Waals surface area contributed by atoms with E-state index in [2.05, 4.69) is 10.2 Å². The van der Waals surface area contributed by atoms with Crippen molar-refractivity contribution < 1.29 is 9.90 Å². The molecule has 2 unspecified atom stereocenters. The van der Waals surface area contributed by atoms with Gasteiger partial charge in [-0.25, -0.2) is 0 Å². The van der Waals surface area contributed by atoms with Crippen molar-refractivity contribution in [2.75, 3.05) is 31.6 Å². The third-order valence-corrected chi connectivity index (χ3v) is 5.64. The molecule has 2 N–H and O–H groups in total. The fourth-order valence-corrected chi connectivity index (χ4v) is 4.16. The van der Waals surface area contributed by atoms with E-state index in [9.17, 15) is 9.90 Å². The van der Waals surface area contributed by atoms with Gasteiger partial charge in [-0.15, -0.1) is 0 Å². The molecule has 2 atom stereocenters. The van der Waals surface area contributed by atoms with Crippen molar-refractivity contribution in [3.05, 3.63) is 30.3 Å². The lowest BCUT2D eigenvalue weighted by Crippen LogP contribution is -2.52. The maximum atomic E-state index is 12.3. The van der Waals surface area contributed by atoms with E-state index in [4.69, 9.17) is 0 Å². The van der Waals surface area contributed by atoms with Crippen LogP contribution >= 0.6 is 0 Å². The maximum absolute atomic E-state index is 12.3. The lowest BCUT2D eigenvalue weighted by Gasteiger charge is -2.41. The van der Waals surface area contributed by atoms with Gasteiger partial charge in [-0.05, 0) is 37.8 Å². The molecule has 0 aromatic heterocycles. The first-order valence-electron chi connectivity index (χ1n) is 9.61. The Bertz CT molecular complexity index is 543. The SMILES string of the molecule is CN(CC(=O)NC1CCN(C2CCCCC2O)CC1)c1ccccc1. The average Bonchev–Trinajstić information content (AvgIpc) is 2.63. The van der Waals surface area contributed by atoms with Crippen molar-refractivity contribution in [1.82, 2.24) is 10.2 Å². The van der Waals surface area contributed by atoms with E-state index in [1.165, 1.54) is 6.42 Å². The van der Waals surface area contributed by atoms with Gasteiger partial charge in [0, 0.05) is 37.9 Å². The Hall–Kier alpha value is -1.59. The molecule has 1 aliphatic heterocycles. The number of rotatable bonds is 5. The number of hydrogen-bond donors (Lipinski definition) is 2. The molecule has 0 bridgehead atoms. The van der Waals surface area contributed by atoms with Crippen LogP contribution in [-0.2, 0) is 4.79 Å². The van der Waals surface area contributed by atoms with Gasteiger partial charge in [0.1, 0.15) is 0 Å². The van der Waals surface area contributed by atoms with E-state index in [0.29, 0.717) is 12.6 Å². The summed E-state index contributed by atoms with van der Waals surface area (Å²) >= 11 is 0. The smallest absolute Gasteiger partial charge is 0.239 e. The van der Waals surface area contributed by atoms with Gasteiger partial charge in [-0.3, -0.25) is 9.69 Å². The van der Waals surface area contributed by atoms with Crippen molar-refractivity contribution in [3.8, 4) is 0 Å². The highest BCUT2D eigenvalue weighted by molar-refractivity contribution is 5.81. The standard InChI is InChI=1S/C20H31N3O2/c1-22(17-7-3-2-4-8-17)15-20(25)21-16-11-13-23(14-12-16)18-9-5-6-10-19(18)24/h2-4,7-8,16,18-19,24H,5-6,9-15H2,1H3,(H,21,25). The lowest BCUT2D eigenvalue weighted by atomic mass is 9.89. The molecule has 0 radical (unpaired) electrons. The zero-order valence-electron chi connectivity index (χ0n) is 15.2. The number of hydrogen-bond acceptors (Lipinski definition) is 4. The molecule has 1 saturated heterocycles. The van der Waals surface area contributed by atoms with Crippen LogP contribution < -0.4 is 10.2 Å². The van der Waals surface area contributed by atoms with Crippen molar-refractivity contribution in [1.29, 1.82) is 0 Å². The highest BCUT2D eigenvalue weighted by atomic mass is 16.3. The zero-order chi connectivity index (χ0) is 17.6. The first kappa shape index (κ1) is 18.2. The van der Waals surface area contributed by atoms with Gasteiger partial charge in [0.2, 0.25) is 5.91 Å². The molecule has 2 fully saturated rings. The second-order valence-electron chi connectivity index (χ2n) is 7.49. The number of carbonyl (C=O) groups is 1. The fraction of sp³-hybridized carbons (Fsp3) is 0.650. The molecule has 25 heavy (non-hydrogen) atoms. The first-order valence-corrected chi connectivity index (χ1v) is 9.61. The minimum Gasteiger partial charge on any atom is -0.391 e. The Kier molecular flexibility index (Phi) is 6.32. The van der Waals surface area contributed by atoms with Gasteiger partial charge in [0.05, 0.1) is 12.6 Å². The van der Waals surface area contributed by atoms with Crippen LogP contribution in [0.1, 0.15) is 38.5 Å². The second-order valence-corrected chi connectivity index (χ2v) is 7.49. The minimum absolute atomic E-state index is 0.0857. The monoisotopic (exact) mass is 345 g/mol. The quantitative estimate of drug-likeness (QED) is 0.857. The van der Waals surface area contributed by atoms with E-state index in [0.717, 1.165) is 50.9 Å². The molecular weight excluding hydrogens is 314 g/mol. The molecule has 138 valence electrons. The number of likely N-dealkylation sites (N-methyl/N-ethyl adjacent to an activating group) is 1. The van der Waals surface area contributed by atoms with E-state index in [1.54, 1.807) is 0 Å². The van der Waals surface area contributed by atoms with Crippen molar-refractivity contribution in [2.24, 2.45) is 0 Å². The Morgan fingerprint density at radius 1 is 1.16 bits per heavy atom. The summed E-state index contributed by atoms with van der Waals surface area (Å²) in [7, 11) is 1.95. The second kappa shape index (κ2) is 8.68. The minimum atomic E-state index is -0.167. The molecule has 3 rings (SSSR count). The first-order chi connectivity index (χ1) is 12.1. The molecule has 1 aliphatic carbocycles. The summed E-state index contributed by atoms with van der Waals surface area (Å²) in [6.07, 6.45) is 6.21. The number of aliphatic hydroxyl groups is 1. The predicted molar refractivity (Wildman–Crippen MR) is 101 cm³/mol. The van der Waals surface area contributed by atoms with E-state index in [1.807, 2.05) is 42.3 Å². The van der Waals surface area contributed by atoms with Crippen molar-refractivity contribution >= 4 is 11.6 Å². The third kappa shape index (κ3) is 4.95.